The second kappa shape index (κ2) is 8.51. The van der Waals surface area contributed by atoms with Gasteiger partial charge in [-0.15, -0.1) is 0 Å². The predicted molar refractivity (Wildman–Crippen MR) is 108 cm³/mol. The van der Waals surface area contributed by atoms with Crippen LogP contribution in [-0.2, 0) is 23.9 Å². The maximum atomic E-state index is 13.0. The van der Waals surface area contributed by atoms with Crippen LogP contribution < -0.4 is 0 Å². The standard InChI is InChI=1S/C23H22O7/c1-3-4-5-6-7-8-15(25)11-19(26)20-18-10-14-9-16(12-24)29-13-17(14)21(27)23(18,2)30-22(20)28/h3-8,10-11,13,16,24,26H,9,12H2,1-2H3/b4-3?,6-5?,8-7?,19-11-/t16-,23-/m0/s1. The number of esters is 1. The lowest BCUT2D eigenvalue weighted by molar-refractivity contribution is -0.152. The van der Waals surface area contributed by atoms with E-state index in [2.05, 4.69) is 0 Å². The number of aliphatic hydroxyl groups excluding tert-OH is 2. The van der Waals surface area contributed by atoms with Crippen molar-refractivity contribution in [1.82, 2.24) is 0 Å². The van der Waals surface area contributed by atoms with Gasteiger partial charge in [-0.25, -0.2) is 4.79 Å². The fourth-order valence-electron chi connectivity index (χ4n) is 3.42. The summed E-state index contributed by atoms with van der Waals surface area (Å²) >= 11 is 0. The first kappa shape index (κ1) is 21.3. The molecule has 0 bridgehead atoms. The van der Waals surface area contributed by atoms with Gasteiger partial charge < -0.3 is 19.7 Å². The molecule has 0 saturated carbocycles. The van der Waals surface area contributed by atoms with Gasteiger partial charge in [0, 0.05) is 18.1 Å². The summed E-state index contributed by atoms with van der Waals surface area (Å²) in [6.45, 7) is 3.06. The van der Waals surface area contributed by atoms with Crippen LogP contribution in [0.5, 0.6) is 0 Å². The van der Waals surface area contributed by atoms with E-state index in [-0.39, 0.29) is 29.7 Å². The molecule has 0 spiro atoms. The van der Waals surface area contributed by atoms with Gasteiger partial charge in [-0.2, -0.15) is 0 Å². The molecule has 0 aromatic heterocycles. The van der Waals surface area contributed by atoms with E-state index in [1.165, 1.54) is 25.3 Å². The zero-order chi connectivity index (χ0) is 21.9. The second-order valence-electron chi connectivity index (χ2n) is 7.09. The largest absolute Gasteiger partial charge is 0.507 e. The molecule has 3 rings (SSSR count). The molecule has 1 aliphatic carbocycles. The third-order valence-electron chi connectivity index (χ3n) is 4.98. The number of fused-ring (bicyclic) bond motifs is 2. The monoisotopic (exact) mass is 410 g/mol. The molecule has 0 amide bonds. The molecule has 7 nitrogen and oxygen atoms in total. The molecule has 7 heteroatoms. The summed E-state index contributed by atoms with van der Waals surface area (Å²) < 4.78 is 10.6. The molecule has 0 aromatic carbocycles. The molecule has 2 atom stereocenters. The molecule has 30 heavy (non-hydrogen) atoms. The van der Waals surface area contributed by atoms with Gasteiger partial charge in [0.25, 0.3) is 0 Å². The Hall–Kier alpha value is -3.45. The Morgan fingerprint density at radius 3 is 2.70 bits per heavy atom. The van der Waals surface area contributed by atoms with E-state index in [9.17, 15) is 24.6 Å². The Morgan fingerprint density at radius 2 is 2.00 bits per heavy atom. The summed E-state index contributed by atoms with van der Waals surface area (Å²) in [7, 11) is 0. The van der Waals surface area contributed by atoms with Gasteiger partial charge in [0.15, 0.2) is 11.4 Å². The molecule has 2 N–H and O–H groups in total. The van der Waals surface area contributed by atoms with Crippen molar-refractivity contribution in [1.29, 1.82) is 0 Å². The number of carbonyl (C=O) groups is 3. The van der Waals surface area contributed by atoms with Gasteiger partial charge in [0.05, 0.1) is 18.4 Å². The van der Waals surface area contributed by atoms with Crippen molar-refractivity contribution in [3.8, 4) is 0 Å². The lowest BCUT2D eigenvalue weighted by Gasteiger charge is -2.33. The van der Waals surface area contributed by atoms with Crippen molar-refractivity contribution in [2.45, 2.75) is 32.0 Å². The number of ketones is 2. The molecule has 0 aromatic rings. The third-order valence-corrected chi connectivity index (χ3v) is 4.98. The highest BCUT2D eigenvalue weighted by molar-refractivity contribution is 6.15. The molecular weight excluding hydrogens is 388 g/mol. The molecular formula is C23H22O7. The van der Waals surface area contributed by atoms with E-state index < -0.39 is 35.0 Å². The van der Waals surface area contributed by atoms with Crippen LogP contribution in [0.2, 0.25) is 0 Å². The van der Waals surface area contributed by atoms with E-state index in [0.717, 1.165) is 6.08 Å². The van der Waals surface area contributed by atoms with E-state index in [1.54, 1.807) is 24.3 Å². The predicted octanol–water partition coefficient (Wildman–Crippen LogP) is 2.47. The molecule has 2 aliphatic heterocycles. The fourth-order valence-corrected chi connectivity index (χ4v) is 3.42. The van der Waals surface area contributed by atoms with Crippen LogP contribution >= 0.6 is 0 Å². The Balaban J connectivity index is 1.98. The number of hydrogen-bond acceptors (Lipinski definition) is 7. The first-order chi connectivity index (χ1) is 14.3. The van der Waals surface area contributed by atoms with Crippen LogP contribution in [0.3, 0.4) is 0 Å². The Bertz CT molecular complexity index is 1000. The third kappa shape index (κ3) is 3.84. The lowest BCUT2D eigenvalue weighted by atomic mass is 9.76. The Labute approximate surface area is 173 Å². The Kier molecular flexibility index (Phi) is 6.03. The molecule has 3 aliphatic rings. The highest BCUT2D eigenvalue weighted by atomic mass is 16.6. The van der Waals surface area contributed by atoms with Crippen molar-refractivity contribution in [2.75, 3.05) is 6.61 Å². The van der Waals surface area contributed by atoms with Crippen molar-refractivity contribution in [3.63, 3.8) is 0 Å². The van der Waals surface area contributed by atoms with Crippen molar-refractivity contribution in [2.24, 2.45) is 0 Å². The van der Waals surface area contributed by atoms with Gasteiger partial charge >= 0.3 is 5.97 Å². The average Bonchev–Trinajstić information content (AvgIpc) is 2.98. The summed E-state index contributed by atoms with van der Waals surface area (Å²) in [5.74, 6) is -2.49. The number of ether oxygens (including phenoxy) is 2. The quantitative estimate of drug-likeness (QED) is 0.300. The zero-order valence-corrected chi connectivity index (χ0v) is 16.6. The fraction of sp³-hybridized carbons (Fsp3) is 0.261. The van der Waals surface area contributed by atoms with Gasteiger partial charge in [0.2, 0.25) is 5.78 Å². The maximum absolute atomic E-state index is 13.0. The van der Waals surface area contributed by atoms with Crippen LogP contribution in [0.4, 0.5) is 0 Å². The minimum atomic E-state index is -1.62. The van der Waals surface area contributed by atoms with E-state index in [4.69, 9.17) is 9.47 Å². The minimum absolute atomic E-state index is 0.182. The van der Waals surface area contributed by atoms with E-state index in [0.29, 0.717) is 5.57 Å². The van der Waals surface area contributed by atoms with Gasteiger partial charge in [-0.1, -0.05) is 30.4 Å². The first-order valence-electron chi connectivity index (χ1n) is 9.43. The van der Waals surface area contributed by atoms with Gasteiger partial charge in [0.1, 0.15) is 17.4 Å². The summed E-state index contributed by atoms with van der Waals surface area (Å²) in [6.07, 6.45) is 13.2. The number of rotatable bonds is 6. The van der Waals surface area contributed by atoms with Crippen LogP contribution in [-0.4, -0.2) is 46.1 Å². The smallest absolute Gasteiger partial charge is 0.343 e. The van der Waals surface area contributed by atoms with Crippen molar-refractivity contribution >= 4 is 17.5 Å². The van der Waals surface area contributed by atoms with Gasteiger partial charge in [-0.05, 0) is 31.6 Å². The highest BCUT2D eigenvalue weighted by Crippen LogP contribution is 2.45. The van der Waals surface area contributed by atoms with Crippen molar-refractivity contribution < 1.29 is 34.1 Å². The summed E-state index contributed by atoms with van der Waals surface area (Å²) in [5.41, 5.74) is -0.831. The summed E-state index contributed by atoms with van der Waals surface area (Å²) in [5, 5.41) is 19.8. The zero-order valence-electron chi connectivity index (χ0n) is 16.6. The lowest BCUT2D eigenvalue weighted by Crippen LogP contribution is -2.43. The normalized spacial score (nSPS) is 26.6. The maximum Gasteiger partial charge on any atom is 0.343 e. The van der Waals surface area contributed by atoms with Crippen LogP contribution in [0.1, 0.15) is 20.3 Å². The van der Waals surface area contributed by atoms with E-state index in [1.807, 2.05) is 13.0 Å². The number of carbonyl (C=O) groups excluding carboxylic acids is 3. The molecule has 0 saturated heterocycles. The summed E-state index contributed by atoms with van der Waals surface area (Å²) in [4.78, 5) is 37.5. The van der Waals surface area contributed by atoms with Crippen LogP contribution in [0.15, 0.2) is 82.9 Å². The minimum Gasteiger partial charge on any atom is -0.507 e. The molecule has 0 unspecified atom stereocenters. The van der Waals surface area contributed by atoms with Crippen LogP contribution in [0.25, 0.3) is 0 Å². The first-order valence-corrected chi connectivity index (χ1v) is 9.43. The Morgan fingerprint density at radius 1 is 1.27 bits per heavy atom. The molecule has 0 fully saturated rings. The number of aliphatic hydroxyl groups is 2. The summed E-state index contributed by atoms with van der Waals surface area (Å²) in [6, 6.07) is 0. The topological polar surface area (TPSA) is 110 Å². The molecule has 156 valence electrons. The van der Waals surface area contributed by atoms with E-state index >= 15 is 0 Å². The second-order valence-corrected chi connectivity index (χ2v) is 7.09. The molecule has 0 radical (unpaired) electrons. The van der Waals surface area contributed by atoms with Crippen LogP contribution in [0, 0.1) is 0 Å². The van der Waals surface area contributed by atoms with Crippen molar-refractivity contribution in [3.05, 3.63) is 82.9 Å². The SMILES string of the molecule is CC=CC=CC=CC(=O)/C=C(\O)C1=C2C=C3C[C@@H](CO)OC=C3C(=O)[C@@]2(C)OC1=O. The number of allylic oxidation sites excluding steroid dienone is 7. The average molecular weight is 410 g/mol. The number of Topliss-reactive ketones (excluding diaryl/α,β-unsaturated/α-hetero) is 1. The molecule has 2 heterocycles. The highest BCUT2D eigenvalue weighted by Gasteiger charge is 2.54. The number of hydrogen-bond donors (Lipinski definition) is 2. The van der Waals surface area contributed by atoms with Gasteiger partial charge in [-0.3, -0.25) is 9.59 Å².